The standard InChI is InChI=1S/C26H35BN4O4/c1-24(2)25(3,4)35-27(34-24)19-7-9-21(28-13-19)31-15-17-11-26(5,12-18(17)16-31)23(32)30-20-8-10-22(33-6)29-14-20/h7-10,13-14,17-18H,11-12,15-16H2,1-6H3,(H,30,32)/t17-,18+,26?. The first-order valence-corrected chi connectivity index (χ1v) is 12.4. The van der Waals surface area contributed by atoms with E-state index in [2.05, 4.69) is 62.0 Å². The molecule has 1 aliphatic carbocycles. The average Bonchev–Trinajstić information content (AvgIpc) is 3.41. The zero-order valence-electron chi connectivity index (χ0n) is 21.5. The molecule has 9 heteroatoms. The van der Waals surface area contributed by atoms with Gasteiger partial charge in [-0.25, -0.2) is 9.97 Å². The van der Waals surface area contributed by atoms with Crippen LogP contribution in [0, 0.1) is 17.3 Å². The molecule has 3 atom stereocenters. The summed E-state index contributed by atoms with van der Waals surface area (Å²) in [6.45, 7) is 12.1. The Labute approximate surface area is 207 Å². The highest BCUT2D eigenvalue weighted by atomic mass is 16.7. The van der Waals surface area contributed by atoms with Crippen LogP contribution in [0.5, 0.6) is 5.88 Å². The summed E-state index contributed by atoms with van der Waals surface area (Å²) in [5.74, 6) is 2.52. The van der Waals surface area contributed by atoms with Crippen LogP contribution >= 0.6 is 0 Å². The van der Waals surface area contributed by atoms with Crippen molar-refractivity contribution in [1.29, 1.82) is 0 Å². The number of aromatic nitrogens is 2. The maximum atomic E-state index is 13.1. The molecule has 3 aliphatic rings. The van der Waals surface area contributed by atoms with Crippen molar-refractivity contribution in [2.75, 3.05) is 30.4 Å². The number of carbonyl (C=O) groups is 1. The number of pyridine rings is 2. The third-order valence-corrected chi connectivity index (χ3v) is 8.37. The first-order valence-electron chi connectivity index (χ1n) is 12.4. The van der Waals surface area contributed by atoms with Crippen LogP contribution < -0.4 is 20.4 Å². The summed E-state index contributed by atoms with van der Waals surface area (Å²) in [5, 5.41) is 3.05. The molecule has 1 amide bonds. The highest BCUT2D eigenvalue weighted by molar-refractivity contribution is 6.62. The number of methoxy groups -OCH3 is 1. The van der Waals surface area contributed by atoms with Crippen LogP contribution in [0.25, 0.3) is 0 Å². The normalized spacial score (nSPS) is 28.7. The van der Waals surface area contributed by atoms with Crippen LogP contribution in [-0.4, -0.2) is 54.4 Å². The van der Waals surface area contributed by atoms with E-state index in [4.69, 9.17) is 19.0 Å². The Balaban J connectivity index is 1.19. The number of hydrogen-bond donors (Lipinski definition) is 1. The Kier molecular flexibility index (Phi) is 5.83. The van der Waals surface area contributed by atoms with Crippen LogP contribution in [0.2, 0.25) is 0 Å². The number of nitrogens with one attached hydrogen (secondary N) is 1. The van der Waals surface area contributed by atoms with Crippen molar-refractivity contribution in [3.05, 3.63) is 36.7 Å². The predicted molar refractivity (Wildman–Crippen MR) is 136 cm³/mol. The first-order chi connectivity index (χ1) is 16.5. The molecule has 8 nitrogen and oxygen atoms in total. The van der Waals surface area contributed by atoms with Crippen LogP contribution in [0.1, 0.15) is 47.5 Å². The zero-order valence-corrected chi connectivity index (χ0v) is 21.5. The van der Waals surface area contributed by atoms with E-state index < -0.39 is 7.12 Å². The summed E-state index contributed by atoms with van der Waals surface area (Å²) in [6.07, 6.45) is 5.24. The van der Waals surface area contributed by atoms with Gasteiger partial charge in [-0.1, -0.05) is 13.0 Å². The first kappa shape index (κ1) is 24.1. The molecule has 2 aromatic rings. The Hall–Kier alpha value is -2.65. The lowest BCUT2D eigenvalue weighted by atomic mass is 9.80. The van der Waals surface area contributed by atoms with E-state index in [9.17, 15) is 4.79 Å². The topological polar surface area (TPSA) is 85.8 Å². The molecule has 0 aromatic carbocycles. The van der Waals surface area contributed by atoms with Crippen molar-refractivity contribution in [2.24, 2.45) is 17.3 Å². The monoisotopic (exact) mass is 478 g/mol. The van der Waals surface area contributed by atoms with Gasteiger partial charge >= 0.3 is 7.12 Å². The smallest absolute Gasteiger partial charge is 0.481 e. The number of rotatable bonds is 5. The molecule has 2 aliphatic heterocycles. The second-order valence-corrected chi connectivity index (χ2v) is 11.5. The summed E-state index contributed by atoms with van der Waals surface area (Å²) >= 11 is 0. The van der Waals surface area contributed by atoms with Crippen LogP contribution in [-0.2, 0) is 14.1 Å². The number of nitrogens with zero attached hydrogens (tertiary/aromatic N) is 3. The average molecular weight is 478 g/mol. The maximum Gasteiger partial charge on any atom is 0.496 e. The van der Waals surface area contributed by atoms with Crippen LogP contribution in [0.3, 0.4) is 0 Å². The summed E-state index contributed by atoms with van der Waals surface area (Å²) in [5.41, 5.74) is 0.512. The molecule has 2 saturated heterocycles. The SMILES string of the molecule is COc1ccc(NC(=O)C2(C)C[C@H]3CN(c4ccc(B5OC(C)(C)C(C)(C)O5)cn4)C[C@H]3C2)cn1. The minimum Gasteiger partial charge on any atom is -0.481 e. The van der Waals surface area contributed by atoms with Gasteiger partial charge in [-0.05, 0) is 64.5 Å². The number of amides is 1. The molecule has 1 saturated carbocycles. The maximum absolute atomic E-state index is 13.1. The molecule has 5 rings (SSSR count). The van der Waals surface area contributed by atoms with Crippen LogP contribution in [0.15, 0.2) is 36.7 Å². The van der Waals surface area contributed by atoms with Crippen molar-refractivity contribution in [3.63, 3.8) is 0 Å². The van der Waals surface area contributed by atoms with Gasteiger partial charge in [0.05, 0.1) is 30.2 Å². The molecule has 0 spiro atoms. The van der Waals surface area contributed by atoms with Gasteiger partial charge in [-0.15, -0.1) is 0 Å². The molecular weight excluding hydrogens is 443 g/mol. The van der Waals surface area contributed by atoms with Gasteiger partial charge in [0.1, 0.15) is 5.82 Å². The molecule has 1 N–H and O–H groups in total. The highest BCUT2D eigenvalue weighted by Gasteiger charge is 2.52. The van der Waals surface area contributed by atoms with E-state index in [-0.39, 0.29) is 22.5 Å². The lowest BCUT2D eigenvalue weighted by Gasteiger charge is -2.32. The Morgan fingerprint density at radius 3 is 2.17 bits per heavy atom. The third-order valence-electron chi connectivity index (χ3n) is 8.37. The number of carbonyl (C=O) groups excluding carboxylic acids is 1. The summed E-state index contributed by atoms with van der Waals surface area (Å²) in [4.78, 5) is 24.4. The molecule has 4 heterocycles. The van der Waals surface area contributed by atoms with Gasteiger partial charge < -0.3 is 24.3 Å². The van der Waals surface area contributed by atoms with Gasteiger partial charge in [0.15, 0.2) is 0 Å². The Bertz CT molecular complexity index is 1060. The lowest BCUT2D eigenvalue weighted by molar-refractivity contribution is -0.124. The van der Waals surface area contributed by atoms with Crippen LogP contribution in [0.4, 0.5) is 11.5 Å². The minimum absolute atomic E-state index is 0.0651. The van der Waals surface area contributed by atoms with Crippen molar-refractivity contribution in [2.45, 2.75) is 58.7 Å². The van der Waals surface area contributed by atoms with E-state index in [1.54, 1.807) is 19.4 Å². The second-order valence-electron chi connectivity index (χ2n) is 11.5. The minimum atomic E-state index is -0.403. The van der Waals surface area contributed by atoms with Gasteiger partial charge in [0.25, 0.3) is 0 Å². The number of ether oxygens (including phenoxy) is 1. The Morgan fingerprint density at radius 2 is 1.66 bits per heavy atom. The number of fused-ring (bicyclic) bond motifs is 1. The van der Waals surface area contributed by atoms with E-state index >= 15 is 0 Å². The second kappa shape index (κ2) is 8.48. The predicted octanol–water partition coefficient (Wildman–Crippen LogP) is 3.28. The zero-order chi connectivity index (χ0) is 25.0. The summed E-state index contributed by atoms with van der Waals surface area (Å²) < 4.78 is 17.4. The molecule has 3 fully saturated rings. The molecule has 0 bridgehead atoms. The largest absolute Gasteiger partial charge is 0.496 e. The fourth-order valence-electron chi connectivity index (χ4n) is 5.57. The lowest BCUT2D eigenvalue weighted by Crippen LogP contribution is -2.41. The van der Waals surface area contributed by atoms with E-state index in [1.807, 2.05) is 12.3 Å². The molecule has 186 valence electrons. The summed E-state index contributed by atoms with van der Waals surface area (Å²) in [6, 6.07) is 7.69. The quantitative estimate of drug-likeness (QED) is 0.661. The number of hydrogen-bond acceptors (Lipinski definition) is 7. The molecular formula is C26H35BN4O4. The van der Waals surface area contributed by atoms with Crippen molar-refractivity contribution in [3.8, 4) is 5.88 Å². The van der Waals surface area contributed by atoms with Crippen molar-refractivity contribution >= 4 is 30.0 Å². The molecule has 2 aromatic heterocycles. The molecule has 35 heavy (non-hydrogen) atoms. The number of anilines is 2. The van der Waals surface area contributed by atoms with E-state index in [0.29, 0.717) is 23.4 Å². The third kappa shape index (κ3) is 4.40. The van der Waals surface area contributed by atoms with Gasteiger partial charge in [-0.3, -0.25) is 4.79 Å². The highest BCUT2D eigenvalue weighted by Crippen LogP contribution is 2.50. The van der Waals surface area contributed by atoms with Gasteiger partial charge in [0.2, 0.25) is 11.8 Å². The Morgan fingerprint density at radius 1 is 1.00 bits per heavy atom. The molecule has 1 unspecified atom stereocenters. The van der Waals surface area contributed by atoms with E-state index in [0.717, 1.165) is 37.2 Å². The molecule has 0 radical (unpaired) electrons. The van der Waals surface area contributed by atoms with Crippen molar-refractivity contribution in [1.82, 2.24) is 9.97 Å². The van der Waals surface area contributed by atoms with E-state index in [1.165, 1.54) is 0 Å². The fourth-order valence-corrected chi connectivity index (χ4v) is 5.57. The summed E-state index contributed by atoms with van der Waals surface area (Å²) in [7, 11) is 1.17. The van der Waals surface area contributed by atoms with Gasteiger partial charge in [0, 0.05) is 36.2 Å². The van der Waals surface area contributed by atoms with Crippen molar-refractivity contribution < 1.29 is 18.8 Å². The van der Waals surface area contributed by atoms with Gasteiger partial charge in [-0.2, -0.15) is 0 Å². The fraction of sp³-hybridized carbons (Fsp3) is 0.577.